The lowest BCUT2D eigenvalue weighted by molar-refractivity contribution is 0.128. The van der Waals surface area contributed by atoms with Gasteiger partial charge in [-0.3, -0.25) is 0 Å². The fourth-order valence-electron chi connectivity index (χ4n) is 2.38. The molecule has 126 valence electrons. The monoisotopic (exact) mass is 379 g/mol. The number of hydrogen-bond acceptors (Lipinski definition) is 3. The van der Waals surface area contributed by atoms with Gasteiger partial charge in [0.1, 0.15) is 11.5 Å². The van der Waals surface area contributed by atoms with Gasteiger partial charge in [0.15, 0.2) is 0 Å². The molecule has 0 atom stereocenters. The molecule has 1 N–H and O–H groups in total. The van der Waals surface area contributed by atoms with Crippen molar-refractivity contribution in [2.24, 2.45) is 0 Å². The molecule has 0 radical (unpaired) electrons. The predicted molar refractivity (Wildman–Crippen MR) is 98.6 cm³/mol. The van der Waals surface area contributed by atoms with Crippen LogP contribution in [0.1, 0.15) is 37.5 Å². The van der Waals surface area contributed by atoms with Crippen molar-refractivity contribution in [3.63, 3.8) is 0 Å². The van der Waals surface area contributed by atoms with E-state index < -0.39 is 0 Å². The average Bonchev–Trinajstić information content (AvgIpc) is 2.98. The van der Waals surface area contributed by atoms with E-state index in [1.165, 1.54) is 12.0 Å². The molecular formula is C19H26BrNO2. The summed E-state index contributed by atoms with van der Waals surface area (Å²) in [6, 6.07) is 10.3. The fraction of sp³-hybridized carbons (Fsp3) is 0.474. The minimum atomic E-state index is 0.754. The standard InChI is InChI=1S/C19H26BrNO2/c1-3-4-11-22-12-5-10-21-14-17-7-9-19(23-17)18-8-6-16(20)13-15(18)2/h6-9,13,21H,3-5,10-12,14H2,1-2H3. The Bertz CT molecular complexity index is 595. The van der Waals surface area contributed by atoms with Gasteiger partial charge in [-0.1, -0.05) is 29.3 Å². The number of halogens is 1. The summed E-state index contributed by atoms with van der Waals surface area (Å²) in [6.07, 6.45) is 3.37. The minimum Gasteiger partial charge on any atom is -0.460 e. The van der Waals surface area contributed by atoms with E-state index in [9.17, 15) is 0 Å². The Kier molecular flexibility index (Phi) is 7.86. The highest BCUT2D eigenvalue weighted by Crippen LogP contribution is 2.27. The zero-order chi connectivity index (χ0) is 16.5. The van der Waals surface area contributed by atoms with Crippen molar-refractivity contribution < 1.29 is 9.15 Å². The van der Waals surface area contributed by atoms with E-state index in [0.29, 0.717) is 0 Å². The lowest BCUT2D eigenvalue weighted by Crippen LogP contribution is -2.16. The first kappa shape index (κ1) is 18.2. The largest absolute Gasteiger partial charge is 0.460 e. The first-order valence-corrected chi connectivity index (χ1v) is 9.13. The molecule has 1 aromatic heterocycles. The summed E-state index contributed by atoms with van der Waals surface area (Å²) in [5.41, 5.74) is 2.35. The maximum absolute atomic E-state index is 5.94. The summed E-state index contributed by atoms with van der Waals surface area (Å²) < 4.78 is 12.6. The van der Waals surface area contributed by atoms with E-state index in [0.717, 1.165) is 60.7 Å². The van der Waals surface area contributed by atoms with Crippen LogP contribution in [-0.4, -0.2) is 19.8 Å². The smallest absolute Gasteiger partial charge is 0.134 e. The molecule has 0 spiro atoms. The van der Waals surface area contributed by atoms with E-state index in [2.05, 4.69) is 47.2 Å². The average molecular weight is 380 g/mol. The zero-order valence-corrected chi connectivity index (χ0v) is 15.6. The van der Waals surface area contributed by atoms with Crippen LogP contribution in [-0.2, 0) is 11.3 Å². The summed E-state index contributed by atoms with van der Waals surface area (Å²) in [5, 5.41) is 3.40. The van der Waals surface area contributed by atoms with Crippen molar-refractivity contribution in [2.75, 3.05) is 19.8 Å². The van der Waals surface area contributed by atoms with Gasteiger partial charge in [-0.15, -0.1) is 0 Å². The van der Waals surface area contributed by atoms with E-state index in [1.807, 2.05) is 18.2 Å². The topological polar surface area (TPSA) is 34.4 Å². The van der Waals surface area contributed by atoms with Crippen molar-refractivity contribution in [3.05, 3.63) is 46.1 Å². The highest BCUT2D eigenvalue weighted by Gasteiger charge is 2.07. The van der Waals surface area contributed by atoms with Gasteiger partial charge in [0.25, 0.3) is 0 Å². The molecule has 0 aliphatic heterocycles. The molecule has 2 aromatic rings. The van der Waals surface area contributed by atoms with Crippen LogP contribution in [0.3, 0.4) is 0 Å². The van der Waals surface area contributed by atoms with Gasteiger partial charge < -0.3 is 14.5 Å². The molecular weight excluding hydrogens is 354 g/mol. The van der Waals surface area contributed by atoms with Crippen LogP contribution in [0.2, 0.25) is 0 Å². The van der Waals surface area contributed by atoms with Crippen molar-refractivity contribution in [1.29, 1.82) is 0 Å². The summed E-state index contributed by atoms with van der Waals surface area (Å²) in [4.78, 5) is 0. The first-order chi connectivity index (χ1) is 11.2. The third kappa shape index (κ3) is 6.13. The Morgan fingerprint density at radius 3 is 2.74 bits per heavy atom. The normalized spacial score (nSPS) is 11.1. The Morgan fingerprint density at radius 2 is 1.96 bits per heavy atom. The second-order valence-electron chi connectivity index (χ2n) is 5.72. The van der Waals surface area contributed by atoms with Gasteiger partial charge in [0.05, 0.1) is 6.54 Å². The molecule has 0 aliphatic rings. The molecule has 0 fully saturated rings. The molecule has 3 nitrogen and oxygen atoms in total. The zero-order valence-electron chi connectivity index (χ0n) is 14.0. The number of rotatable bonds is 10. The van der Waals surface area contributed by atoms with Gasteiger partial charge in [0, 0.05) is 23.2 Å². The highest BCUT2D eigenvalue weighted by atomic mass is 79.9. The summed E-state index contributed by atoms with van der Waals surface area (Å²) >= 11 is 3.49. The third-order valence-corrected chi connectivity index (χ3v) is 4.19. The van der Waals surface area contributed by atoms with Crippen LogP contribution in [0.5, 0.6) is 0 Å². The molecule has 0 saturated carbocycles. The SMILES string of the molecule is CCCCOCCCNCc1ccc(-c2ccc(Br)cc2C)o1. The van der Waals surface area contributed by atoms with Gasteiger partial charge in [-0.05, 0) is 62.2 Å². The molecule has 1 aromatic carbocycles. The van der Waals surface area contributed by atoms with Crippen LogP contribution in [0.15, 0.2) is 39.2 Å². The first-order valence-electron chi connectivity index (χ1n) is 8.34. The number of nitrogens with one attached hydrogen (secondary N) is 1. The minimum absolute atomic E-state index is 0.754. The van der Waals surface area contributed by atoms with Gasteiger partial charge >= 0.3 is 0 Å². The molecule has 23 heavy (non-hydrogen) atoms. The quantitative estimate of drug-likeness (QED) is 0.567. The van der Waals surface area contributed by atoms with Gasteiger partial charge in [0.2, 0.25) is 0 Å². The summed E-state index contributed by atoms with van der Waals surface area (Å²) in [7, 11) is 0. The highest BCUT2D eigenvalue weighted by molar-refractivity contribution is 9.10. The Morgan fingerprint density at radius 1 is 1.13 bits per heavy atom. The van der Waals surface area contributed by atoms with Crippen molar-refractivity contribution in [1.82, 2.24) is 5.32 Å². The van der Waals surface area contributed by atoms with Crippen LogP contribution >= 0.6 is 15.9 Å². The lowest BCUT2D eigenvalue weighted by Gasteiger charge is -2.05. The van der Waals surface area contributed by atoms with Crippen molar-refractivity contribution >= 4 is 15.9 Å². The van der Waals surface area contributed by atoms with E-state index in [4.69, 9.17) is 9.15 Å². The van der Waals surface area contributed by atoms with Crippen LogP contribution in [0.25, 0.3) is 11.3 Å². The Balaban J connectivity index is 1.73. The molecule has 0 bridgehead atoms. The Labute approximate surface area is 147 Å². The third-order valence-electron chi connectivity index (χ3n) is 3.70. The summed E-state index contributed by atoms with van der Waals surface area (Å²) in [5.74, 6) is 1.89. The van der Waals surface area contributed by atoms with Gasteiger partial charge in [-0.2, -0.15) is 0 Å². The summed E-state index contributed by atoms with van der Waals surface area (Å²) in [6.45, 7) is 7.68. The molecule has 0 saturated heterocycles. The van der Waals surface area contributed by atoms with Crippen LogP contribution in [0, 0.1) is 6.92 Å². The molecule has 1 heterocycles. The molecule has 4 heteroatoms. The fourth-order valence-corrected chi connectivity index (χ4v) is 2.86. The van der Waals surface area contributed by atoms with E-state index >= 15 is 0 Å². The molecule has 0 amide bonds. The number of furan rings is 1. The van der Waals surface area contributed by atoms with Crippen molar-refractivity contribution in [2.45, 2.75) is 39.7 Å². The Hall–Kier alpha value is -1.10. The second-order valence-corrected chi connectivity index (χ2v) is 6.64. The van der Waals surface area contributed by atoms with E-state index in [-0.39, 0.29) is 0 Å². The number of aryl methyl sites for hydroxylation is 1. The molecule has 2 rings (SSSR count). The van der Waals surface area contributed by atoms with Crippen LogP contribution < -0.4 is 5.32 Å². The maximum atomic E-state index is 5.94. The van der Waals surface area contributed by atoms with Crippen molar-refractivity contribution in [3.8, 4) is 11.3 Å². The van der Waals surface area contributed by atoms with Crippen LogP contribution in [0.4, 0.5) is 0 Å². The molecule has 0 aliphatic carbocycles. The number of benzene rings is 1. The van der Waals surface area contributed by atoms with E-state index in [1.54, 1.807) is 0 Å². The maximum Gasteiger partial charge on any atom is 0.134 e. The lowest BCUT2D eigenvalue weighted by atomic mass is 10.1. The molecule has 0 unspecified atom stereocenters. The number of ether oxygens (including phenoxy) is 1. The second kappa shape index (κ2) is 9.91. The predicted octanol–water partition coefficient (Wildman–Crippen LogP) is 5.31. The van der Waals surface area contributed by atoms with Gasteiger partial charge in [-0.25, -0.2) is 0 Å². The number of unbranched alkanes of at least 4 members (excludes halogenated alkanes) is 1. The number of hydrogen-bond donors (Lipinski definition) is 1.